The zero-order valence-corrected chi connectivity index (χ0v) is 11.3. The van der Waals surface area contributed by atoms with E-state index in [9.17, 15) is 0 Å². The third kappa shape index (κ3) is 4.31. The summed E-state index contributed by atoms with van der Waals surface area (Å²) in [6.07, 6.45) is 1.37. The largest absolute Gasteiger partial charge is 0.490 e. The van der Waals surface area contributed by atoms with Gasteiger partial charge in [-0.2, -0.15) is 0 Å². The van der Waals surface area contributed by atoms with Gasteiger partial charge >= 0.3 is 0 Å². The zero-order valence-electron chi connectivity index (χ0n) is 11.3. The standard InChI is InChI=1S/C16H17NO3/c1-13-3-2-4-16(11-13)20-10-9-19-15-7-5-14(6-8-15)12-17-18/h2-8,11-12,18H,9-10H2,1H3. The molecule has 0 unspecified atom stereocenters. The zero-order chi connectivity index (χ0) is 14.2. The van der Waals surface area contributed by atoms with Crippen LogP contribution >= 0.6 is 0 Å². The van der Waals surface area contributed by atoms with Crippen molar-refractivity contribution in [2.24, 2.45) is 5.16 Å². The molecule has 0 radical (unpaired) electrons. The van der Waals surface area contributed by atoms with Gasteiger partial charge in [0.25, 0.3) is 0 Å². The molecule has 2 rings (SSSR count). The van der Waals surface area contributed by atoms with Crippen LogP contribution < -0.4 is 9.47 Å². The maximum atomic E-state index is 8.41. The molecule has 20 heavy (non-hydrogen) atoms. The Morgan fingerprint density at radius 2 is 1.70 bits per heavy atom. The molecule has 0 heterocycles. The van der Waals surface area contributed by atoms with Crippen LogP contribution in [0.3, 0.4) is 0 Å². The summed E-state index contributed by atoms with van der Waals surface area (Å²) < 4.78 is 11.2. The van der Waals surface area contributed by atoms with Gasteiger partial charge in [0.1, 0.15) is 24.7 Å². The molecule has 0 bridgehead atoms. The molecular weight excluding hydrogens is 254 g/mol. The van der Waals surface area contributed by atoms with Crippen LogP contribution in [0.5, 0.6) is 11.5 Å². The van der Waals surface area contributed by atoms with E-state index < -0.39 is 0 Å². The Morgan fingerprint density at radius 1 is 1.00 bits per heavy atom. The smallest absolute Gasteiger partial charge is 0.122 e. The topological polar surface area (TPSA) is 51.0 Å². The molecule has 0 aliphatic heterocycles. The SMILES string of the molecule is Cc1cccc(OCCOc2ccc(C=NO)cc2)c1. The molecule has 0 saturated heterocycles. The van der Waals surface area contributed by atoms with E-state index in [0.717, 1.165) is 17.1 Å². The van der Waals surface area contributed by atoms with Crippen molar-refractivity contribution in [3.8, 4) is 11.5 Å². The summed E-state index contributed by atoms with van der Waals surface area (Å²) in [7, 11) is 0. The molecule has 0 aliphatic carbocycles. The summed E-state index contributed by atoms with van der Waals surface area (Å²) in [5, 5.41) is 11.4. The lowest BCUT2D eigenvalue weighted by molar-refractivity contribution is 0.217. The lowest BCUT2D eigenvalue weighted by Crippen LogP contribution is -2.09. The first-order valence-corrected chi connectivity index (χ1v) is 6.38. The Bertz CT molecular complexity index is 564. The van der Waals surface area contributed by atoms with Crippen molar-refractivity contribution < 1.29 is 14.7 Å². The molecule has 0 amide bonds. The highest BCUT2D eigenvalue weighted by molar-refractivity contribution is 5.79. The first-order chi connectivity index (χ1) is 9.78. The molecule has 104 valence electrons. The minimum absolute atomic E-state index is 0.474. The second-order valence-corrected chi connectivity index (χ2v) is 4.33. The van der Waals surface area contributed by atoms with Gasteiger partial charge in [0.05, 0.1) is 6.21 Å². The molecule has 1 N–H and O–H groups in total. The minimum atomic E-state index is 0.474. The number of hydrogen-bond donors (Lipinski definition) is 1. The highest BCUT2D eigenvalue weighted by Crippen LogP contribution is 2.13. The number of oxime groups is 1. The van der Waals surface area contributed by atoms with Crippen molar-refractivity contribution in [1.29, 1.82) is 0 Å². The summed E-state index contributed by atoms with van der Waals surface area (Å²) in [4.78, 5) is 0. The van der Waals surface area contributed by atoms with Crippen LogP contribution in [-0.2, 0) is 0 Å². The van der Waals surface area contributed by atoms with E-state index in [1.54, 1.807) is 0 Å². The molecule has 4 heteroatoms. The average molecular weight is 271 g/mol. The Kier molecular flexibility index (Phi) is 5.00. The van der Waals surface area contributed by atoms with Crippen LogP contribution in [-0.4, -0.2) is 24.6 Å². The fourth-order valence-electron chi connectivity index (χ4n) is 1.74. The Morgan fingerprint density at radius 3 is 2.35 bits per heavy atom. The highest BCUT2D eigenvalue weighted by Gasteiger charge is 1.96. The lowest BCUT2D eigenvalue weighted by atomic mass is 10.2. The third-order valence-corrected chi connectivity index (χ3v) is 2.70. The van der Waals surface area contributed by atoms with Gasteiger partial charge in [0.2, 0.25) is 0 Å². The van der Waals surface area contributed by atoms with Crippen molar-refractivity contribution in [1.82, 2.24) is 0 Å². The summed E-state index contributed by atoms with van der Waals surface area (Å²) in [5.74, 6) is 1.61. The number of ether oxygens (including phenoxy) is 2. The number of hydrogen-bond acceptors (Lipinski definition) is 4. The maximum absolute atomic E-state index is 8.41. The molecule has 0 fully saturated rings. The number of aryl methyl sites for hydroxylation is 1. The van der Waals surface area contributed by atoms with Crippen molar-refractivity contribution in [3.63, 3.8) is 0 Å². The van der Waals surface area contributed by atoms with Gasteiger partial charge in [-0.1, -0.05) is 17.3 Å². The highest BCUT2D eigenvalue weighted by atomic mass is 16.5. The predicted octanol–water partition coefficient (Wildman–Crippen LogP) is 3.26. The van der Waals surface area contributed by atoms with E-state index in [2.05, 4.69) is 5.16 Å². The van der Waals surface area contributed by atoms with Gasteiger partial charge in [-0.25, -0.2) is 0 Å². The Balaban J connectivity index is 1.75. The number of rotatable bonds is 6. The van der Waals surface area contributed by atoms with E-state index in [1.807, 2.05) is 55.5 Å². The molecule has 0 aromatic heterocycles. The third-order valence-electron chi connectivity index (χ3n) is 2.70. The summed E-state index contributed by atoms with van der Waals surface area (Å²) in [5.41, 5.74) is 1.99. The number of nitrogens with zero attached hydrogens (tertiary/aromatic N) is 1. The van der Waals surface area contributed by atoms with Crippen molar-refractivity contribution in [2.45, 2.75) is 6.92 Å². The summed E-state index contributed by atoms with van der Waals surface area (Å²) >= 11 is 0. The summed E-state index contributed by atoms with van der Waals surface area (Å²) in [6.45, 7) is 2.99. The molecule has 0 atom stereocenters. The monoisotopic (exact) mass is 271 g/mol. The molecule has 2 aromatic rings. The predicted molar refractivity (Wildman–Crippen MR) is 78.0 cm³/mol. The quantitative estimate of drug-likeness (QED) is 0.380. The molecular formula is C16H17NO3. The van der Waals surface area contributed by atoms with Crippen molar-refractivity contribution >= 4 is 6.21 Å². The van der Waals surface area contributed by atoms with Crippen molar-refractivity contribution in [2.75, 3.05) is 13.2 Å². The molecule has 4 nitrogen and oxygen atoms in total. The molecule has 0 aliphatic rings. The van der Waals surface area contributed by atoms with Crippen LogP contribution in [0.15, 0.2) is 53.7 Å². The lowest BCUT2D eigenvalue weighted by Gasteiger charge is -2.09. The first-order valence-electron chi connectivity index (χ1n) is 6.38. The van der Waals surface area contributed by atoms with Gasteiger partial charge < -0.3 is 14.7 Å². The van der Waals surface area contributed by atoms with E-state index in [4.69, 9.17) is 14.7 Å². The Labute approximate surface area is 118 Å². The fraction of sp³-hybridized carbons (Fsp3) is 0.188. The summed E-state index contributed by atoms with van der Waals surface area (Å²) in [6, 6.07) is 15.2. The van der Waals surface area contributed by atoms with Crippen LogP contribution in [0.2, 0.25) is 0 Å². The van der Waals surface area contributed by atoms with Gasteiger partial charge in [0, 0.05) is 0 Å². The van der Waals surface area contributed by atoms with Crippen molar-refractivity contribution in [3.05, 3.63) is 59.7 Å². The first kappa shape index (κ1) is 13.9. The van der Waals surface area contributed by atoms with E-state index >= 15 is 0 Å². The average Bonchev–Trinajstić information content (AvgIpc) is 2.46. The molecule has 0 spiro atoms. The number of benzene rings is 2. The second-order valence-electron chi connectivity index (χ2n) is 4.33. The van der Waals surface area contributed by atoms with Gasteiger partial charge in [-0.05, 0) is 54.4 Å². The van der Waals surface area contributed by atoms with Gasteiger partial charge in [-0.3, -0.25) is 0 Å². The molecule has 0 saturated carbocycles. The Hall–Kier alpha value is -2.49. The van der Waals surface area contributed by atoms with Crippen LogP contribution in [0.25, 0.3) is 0 Å². The van der Waals surface area contributed by atoms with Gasteiger partial charge in [-0.15, -0.1) is 0 Å². The minimum Gasteiger partial charge on any atom is -0.490 e. The van der Waals surface area contributed by atoms with Crippen LogP contribution in [0, 0.1) is 6.92 Å². The maximum Gasteiger partial charge on any atom is 0.122 e. The van der Waals surface area contributed by atoms with E-state index in [1.165, 1.54) is 11.8 Å². The second kappa shape index (κ2) is 7.19. The van der Waals surface area contributed by atoms with Crippen LogP contribution in [0.4, 0.5) is 0 Å². The van der Waals surface area contributed by atoms with E-state index in [0.29, 0.717) is 13.2 Å². The van der Waals surface area contributed by atoms with E-state index in [-0.39, 0.29) is 0 Å². The van der Waals surface area contributed by atoms with Gasteiger partial charge in [0.15, 0.2) is 0 Å². The fourth-order valence-corrected chi connectivity index (χ4v) is 1.74. The molecule has 2 aromatic carbocycles. The normalized spacial score (nSPS) is 10.7. The van der Waals surface area contributed by atoms with Crippen LogP contribution in [0.1, 0.15) is 11.1 Å².